The van der Waals surface area contributed by atoms with Crippen LogP contribution in [0.1, 0.15) is 25.5 Å². The molecule has 0 spiro atoms. The van der Waals surface area contributed by atoms with Crippen molar-refractivity contribution in [2.24, 2.45) is 5.92 Å². The third kappa shape index (κ3) is 5.19. The molecule has 6 heteroatoms. The molecule has 2 heterocycles. The maximum atomic E-state index is 5.40. The summed E-state index contributed by atoms with van der Waals surface area (Å²) in [4.78, 5) is 2.39. The van der Waals surface area contributed by atoms with E-state index in [4.69, 9.17) is 4.74 Å². The van der Waals surface area contributed by atoms with E-state index in [9.17, 15) is 0 Å². The zero-order valence-corrected chi connectivity index (χ0v) is 12.7. The molecule has 20 heavy (non-hydrogen) atoms. The molecule has 1 fully saturated rings. The molecule has 0 amide bonds. The molecule has 0 aliphatic carbocycles. The Morgan fingerprint density at radius 1 is 1.45 bits per heavy atom. The maximum absolute atomic E-state index is 5.40. The van der Waals surface area contributed by atoms with E-state index in [1.165, 1.54) is 12.8 Å². The molecule has 0 atom stereocenters. The number of aromatic nitrogens is 3. The third-order valence-electron chi connectivity index (χ3n) is 3.76. The zero-order chi connectivity index (χ0) is 14.2. The molecule has 0 unspecified atom stereocenters. The highest BCUT2D eigenvalue weighted by atomic mass is 16.5. The summed E-state index contributed by atoms with van der Waals surface area (Å²) in [6, 6.07) is 0. The SMILES string of the molecule is CCNCc1cn(CCN(C)CC2CCOCC2)nn1. The number of likely N-dealkylation sites (N-methyl/N-ethyl adjacent to an activating group) is 1. The van der Waals surface area contributed by atoms with E-state index in [1.807, 2.05) is 10.9 Å². The van der Waals surface area contributed by atoms with Crippen LogP contribution in [-0.4, -0.2) is 59.8 Å². The number of nitrogens with zero attached hydrogens (tertiary/aromatic N) is 4. The highest BCUT2D eigenvalue weighted by Gasteiger charge is 2.15. The second kappa shape index (κ2) is 8.34. The van der Waals surface area contributed by atoms with Crippen molar-refractivity contribution in [3.63, 3.8) is 0 Å². The number of ether oxygens (including phenoxy) is 1. The van der Waals surface area contributed by atoms with Gasteiger partial charge in [-0.2, -0.15) is 0 Å². The highest BCUT2D eigenvalue weighted by Crippen LogP contribution is 2.15. The van der Waals surface area contributed by atoms with Crippen molar-refractivity contribution in [1.29, 1.82) is 0 Å². The van der Waals surface area contributed by atoms with Crippen LogP contribution in [0.2, 0.25) is 0 Å². The van der Waals surface area contributed by atoms with Gasteiger partial charge in [0.25, 0.3) is 0 Å². The Bertz CT molecular complexity index is 375. The van der Waals surface area contributed by atoms with Crippen molar-refractivity contribution in [1.82, 2.24) is 25.2 Å². The topological polar surface area (TPSA) is 55.2 Å². The van der Waals surface area contributed by atoms with Crippen LogP contribution in [0.3, 0.4) is 0 Å². The van der Waals surface area contributed by atoms with Gasteiger partial charge in [0.2, 0.25) is 0 Å². The van der Waals surface area contributed by atoms with Crippen LogP contribution in [-0.2, 0) is 17.8 Å². The van der Waals surface area contributed by atoms with Crippen LogP contribution in [0.5, 0.6) is 0 Å². The summed E-state index contributed by atoms with van der Waals surface area (Å²) in [7, 11) is 2.19. The van der Waals surface area contributed by atoms with E-state index in [1.54, 1.807) is 0 Å². The predicted molar refractivity (Wildman–Crippen MR) is 78.4 cm³/mol. The quantitative estimate of drug-likeness (QED) is 0.762. The lowest BCUT2D eigenvalue weighted by Crippen LogP contribution is -2.31. The van der Waals surface area contributed by atoms with Gasteiger partial charge in [-0.1, -0.05) is 12.1 Å². The Morgan fingerprint density at radius 2 is 2.25 bits per heavy atom. The summed E-state index contributed by atoms with van der Waals surface area (Å²) in [6.45, 7) is 8.78. The van der Waals surface area contributed by atoms with E-state index in [2.05, 4.69) is 34.5 Å². The van der Waals surface area contributed by atoms with Gasteiger partial charge < -0.3 is 15.0 Å². The normalized spacial score (nSPS) is 16.9. The van der Waals surface area contributed by atoms with Crippen molar-refractivity contribution >= 4 is 0 Å². The van der Waals surface area contributed by atoms with Gasteiger partial charge in [0, 0.05) is 39.0 Å². The Balaban J connectivity index is 1.66. The second-order valence-corrected chi connectivity index (χ2v) is 5.57. The monoisotopic (exact) mass is 281 g/mol. The second-order valence-electron chi connectivity index (χ2n) is 5.57. The average molecular weight is 281 g/mol. The summed E-state index contributed by atoms with van der Waals surface area (Å²) in [5.41, 5.74) is 1.01. The summed E-state index contributed by atoms with van der Waals surface area (Å²) >= 11 is 0. The van der Waals surface area contributed by atoms with Crippen LogP contribution in [0.15, 0.2) is 6.20 Å². The first-order chi connectivity index (χ1) is 9.78. The zero-order valence-electron chi connectivity index (χ0n) is 12.7. The number of hydrogen-bond acceptors (Lipinski definition) is 5. The lowest BCUT2D eigenvalue weighted by Gasteiger charge is -2.26. The first-order valence-electron chi connectivity index (χ1n) is 7.64. The number of hydrogen-bond donors (Lipinski definition) is 1. The van der Waals surface area contributed by atoms with Gasteiger partial charge in [0.15, 0.2) is 0 Å². The minimum absolute atomic E-state index is 0.786. The molecule has 0 aromatic carbocycles. The lowest BCUT2D eigenvalue weighted by atomic mass is 10.00. The number of nitrogens with one attached hydrogen (secondary N) is 1. The molecule has 6 nitrogen and oxygen atoms in total. The van der Waals surface area contributed by atoms with Gasteiger partial charge in [-0.05, 0) is 32.4 Å². The molecule has 0 saturated carbocycles. The van der Waals surface area contributed by atoms with E-state index >= 15 is 0 Å². The fourth-order valence-electron chi connectivity index (χ4n) is 2.52. The van der Waals surface area contributed by atoms with Crippen LogP contribution in [0.4, 0.5) is 0 Å². The van der Waals surface area contributed by atoms with Gasteiger partial charge in [-0.25, -0.2) is 0 Å². The smallest absolute Gasteiger partial charge is 0.0964 e. The first-order valence-corrected chi connectivity index (χ1v) is 7.64. The molecule has 1 aliphatic heterocycles. The minimum atomic E-state index is 0.786. The third-order valence-corrected chi connectivity index (χ3v) is 3.76. The molecule has 1 saturated heterocycles. The Kier molecular flexibility index (Phi) is 6.42. The summed E-state index contributed by atoms with van der Waals surface area (Å²) in [6.07, 6.45) is 4.42. The average Bonchev–Trinajstić information content (AvgIpc) is 2.92. The lowest BCUT2D eigenvalue weighted by molar-refractivity contribution is 0.0553. The molecule has 0 radical (unpaired) electrons. The van der Waals surface area contributed by atoms with E-state index in [-0.39, 0.29) is 0 Å². The van der Waals surface area contributed by atoms with Crippen LogP contribution < -0.4 is 5.32 Å². The minimum Gasteiger partial charge on any atom is -0.381 e. The summed E-state index contributed by atoms with van der Waals surface area (Å²) in [5.74, 6) is 0.786. The molecule has 1 aromatic rings. The van der Waals surface area contributed by atoms with Crippen molar-refractivity contribution in [3.8, 4) is 0 Å². The van der Waals surface area contributed by atoms with Gasteiger partial charge in [0.05, 0.1) is 12.2 Å². The van der Waals surface area contributed by atoms with Crippen molar-refractivity contribution in [3.05, 3.63) is 11.9 Å². The fourth-order valence-corrected chi connectivity index (χ4v) is 2.52. The van der Waals surface area contributed by atoms with Crippen LogP contribution >= 0.6 is 0 Å². The van der Waals surface area contributed by atoms with E-state index in [0.29, 0.717) is 0 Å². The molecule has 1 aromatic heterocycles. The first kappa shape index (κ1) is 15.4. The molecular formula is C14H27N5O. The van der Waals surface area contributed by atoms with Crippen LogP contribution in [0.25, 0.3) is 0 Å². The number of rotatable bonds is 8. The van der Waals surface area contributed by atoms with Gasteiger partial charge in [0.1, 0.15) is 0 Å². The fraction of sp³-hybridized carbons (Fsp3) is 0.857. The van der Waals surface area contributed by atoms with Gasteiger partial charge in [-0.3, -0.25) is 4.68 Å². The highest BCUT2D eigenvalue weighted by molar-refractivity contribution is 4.91. The summed E-state index contributed by atoms with van der Waals surface area (Å²) in [5, 5.41) is 11.6. The molecule has 1 aliphatic rings. The molecule has 2 rings (SSSR count). The Labute approximate surface area is 121 Å². The predicted octanol–water partition coefficient (Wildman–Crippen LogP) is 0.746. The van der Waals surface area contributed by atoms with Crippen molar-refractivity contribution in [2.45, 2.75) is 32.9 Å². The van der Waals surface area contributed by atoms with Gasteiger partial charge in [-0.15, -0.1) is 5.10 Å². The summed E-state index contributed by atoms with van der Waals surface area (Å²) < 4.78 is 7.34. The molecule has 0 bridgehead atoms. The van der Waals surface area contributed by atoms with Crippen molar-refractivity contribution < 1.29 is 4.74 Å². The standard InChI is InChI=1S/C14H27N5O/c1-3-15-10-14-12-19(17-16-14)7-6-18(2)11-13-4-8-20-9-5-13/h12-13,15H,3-11H2,1-2H3. The molecular weight excluding hydrogens is 254 g/mol. The van der Waals surface area contributed by atoms with E-state index in [0.717, 1.165) is 57.5 Å². The molecule has 114 valence electrons. The van der Waals surface area contributed by atoms with Crippen LogP contribution in [0, 0.1) is 5.92 Å². The maximum Gasteiger partial charge on any atom is 0.0964 e. The largest absolute Gasteiger partial charge is 0.381 e. The van der Waals surface area contributed by atoms with Crippen molar-refractivity contribution in [2.75, 3.05) is 39.9 Å². The van der Waals surface area contributed by atoms with Gasteiger partial charge >= 0.3 is 0 Å². The Hall–Kier alpha value is -0.980. The van der Waals surface area contributed by atoms with E-state index < -0.39 is 0 Å². The Morgan fingerprint density at radius 3 is 3.00 bits per heavy atom. The molecule has 1 N–H and O–H groups in total.